The number of benzene rings is 2. The summed E-state index contributed by atoms with van der Waals surface area (Å²) in [5.74, 6) is -2.67. The quantitative estimate of drug-likeness (QED) is 0.287. The molecule has 0 atom stereocenters. The van der Waals surface area contributed by atoms with E-state index in [9.17, 15) is 22.0 Å². The van der Waals surface area contributed by atoms with E-state index in [4.69, 9.17) is 11.6 Å². The van der Waals surface area contributed by atoms with Gasteiger partial charge in [0.15, 0.2) is 0 Å². The van der Waals surface area contributed by atoms with Gasteiger partial charge in [0.1, 0.15) is 17.2 Å². The molecular formula is C19H18ClF5. The van der Waals surface area contributed by atoms with Crippen LogP contribution in [0.4, 0.5) is 22.0 Å². The summed E-state index contributed by atoms with van der Waals surface area (Å²) in [4.78, 5) is 0. The zero-order valence-corrected chi connectivity index (χ0v) is 14.2. The van der Waals surface area contributed by atoms with Gasteiger partial charge in [-0.1, -0.05) is 24.3 Å². The van der Waals surface area contributed by atoms with Gasteiger partial charge in [0, 0.05) is 6.42 Å². The van der Waals surface area contributed by atoms with Crippen LogP contribution in [0.15, 0.2) is 36.4 Å². The predicted molar refractivity (Wildman–Crippen MR) is 88.9 cm³/mol. The number of alkyl halides is 4. The van der Waals surface area contributed by atoms with Crippen LogP contribution in [0.2, 0.25) is 0 Å². The van der Waals surface area contributed by atoms with Gasteiger partial charge in [-0.3, -0.25) is 4.39 Å². The first kappa shape index (κ1) is 19.7. The van der Waals surface area contributed by atoms with Crippen molar-refractivity contribution in [1.82, 2.24) is 0 Å². The number of rotatable bonds is 8. The van der Waals surface area contributed by atoms with Crippen LogP contribution >= 0.6 is 11.6 Å². The lowest BCUT2D eigenvalue weighted by Gasteiger charge is -2.12. The minimum absolute atomic E-state index is 0.318. The molecule has 0 radical (unpaired) electrons. The molecule has 0 saturated carbocycles. The van der Waals surface area contributed by atoms with Crippen molar-refractivity contribution >= 4 is 11.6 Å². The van der Waals surface area contributed by atoms with E-state index in [1.54, 1.807) is 0 Å². The molecule has 0 nitrogen and oxygen atoms in total. The Kier molecular flexibility index (Phi) is 6.82. The third kappa shape index (κ3) is 5.70. The van der Waals surface area contributed by atoms with Crippen molar-refractivity contribution in [2.24, 2.45) is 0 Å². The van der Waals surface area contributed by atoms with Crippen molar-refractivity contribution < 1.29 is 22.0 Å². The van der Waals surface area contributed by atoms with Gasteiger partial charge in [0.2, 0.25) is 0 Å². The molecular weight excluding hydrogens is 359 g/mol. The largest absolute Gasteiger partial charge is 0.353 e. The number of unbranched alkanes of at least 4 members (excludes halogenated alkanes) is 1. The van der Waals surface area contributed by atoms with Crippen molar-refractivity contribution in [1.29, 1.82) is 0 Å². The average Bonchev–Trinajstić information content (AvgIpc) is 2.51. The molecule has 6 heteroatoms. The Hall–Kier alpha value is -1.62. The SMILES string of the molecule is FCCc1ccc(CCCCc2cc(F)c(C(F)(F)Cl)c(F)c2)cc1. The summed E-state index contributed by atoms with van der Waals surface area (Å²) in [5.41, 5.74) is 0.940. The summed E-state index contributed by atoms with van der Waals surface area (Å²) < 4.78 is 65.4. The summed E-state index contributed by atoms with van der Waals surface area (Å²) in [6.45, 7) is -0.388. The number of hydrogen-bond donors (Lipinski definition) is 0. The zero-order valence-electron chi connectivity index (χ0n) is 13.5. The number of hydrogen-bond acceptors (Lipinski definition) is 0. The van der Waals surface area contributed by atoms with Crippen molar-refractivity contribution in [3.05, 3.63) is 70.3 Å². The number of aryl methyl sites for hydroxylation is 3. The van der Waals surface area contributed by atoms with Crippen molar-refractivity contribution in [2.75, 3.05) is 6.67 Å². The summed E-state index contributed by atoms with van der Waals surface area (Å²) in [6, 6.07) is 9.43. The van der Waals surface area contributed by atoms with E-state index in [1.807, 2.05) is 24.3 Å². The first-order chi connectivity index (χ1) is 11.8. The maximum atomic E-state index is 13.7. The molecule has 0 bridgehead atoms. The molecule has 0 aliphatic heterocycles. The molecule has 0 aliphatic rings. The highest BCUT2D eigenvalue weighted by molar-refractivity contribution is 6.21. The molecule has 0 N–H and O–H groups in total. The molecule has 0 spiro atoms. The van der Waals surface area contributed by atoms with E-state index in [0.29, 0.717) is 24.8 Å². The summed E-state index contributed by atoms with van der Waals surface area (Å²) in [6.07, 6.45) is 2.98. The molecule has 2 aromatic rings. The van der Waals surface area contributed by atoms with E-state index >= 15 is 0 Å². The third-order valence-corrected chi connectivity index (χ3v) is 4.16. The first-order valence-corrected chi connectivity index (χ1v) is 8.38. The Morgan fingerprint density at radius 3 is 1.64 bits per heavy atom. The molecule has 2 aromatic carbocycles. The van der Waals surface area contributed by atoms with E-state index in [1.165, 1.54) is 0 Å². The van der Waals surface area contributed by atoms with Crippen LogP contribution in [0.1, 0.15) is 35.1 Å². The van der Waals surface area contributed by atoms with E-state index in [-0.39, 0.29) is 6.67 Å². The molecule has 25 heavy (non-hydrogen) atoms. The van der Waals surface area contributed by atoms with Crippen molar-refractivity contribution in [3.63, 3.8) is 0 Å². The van der Waals surface area contributed by atoms with Crippen molar-refractivity contribution in [3.8, 4) is 0 Å². The van der Waals surface area contributed by atoms with Gasteiger partial charge in [-0.25, -0.2) is 8.78 Å². The number of halogens is 6. The van der Waals surface area contributed by atoms with Crippen LogP contribution in [0, 0.1) is 11.6 Å². The van der Waals surface area contributed by atoms with Gasteiger partial charge in [0.25, 0.3) is 0 Å². The van der Waals surface area contributed by atoms with Gasteiger partial charge >= 0.3 is 5.38 Å². The Balaban J connectivity index is 1.87. The van der Waals surface area contributed by atoms with Crippen LogP contribution in [0.5, 0.6) is 0 Å². The molecule has 0 saturated heterocycles. The fourth-order valence-corrected chi connectivity index (χ4v) is 2.86. The summed E-state index contributed by atoms with van der Waals surface area (Å²) in [5, 5.41) is -4.07. The molecule has 0 fully saturated rings. The summed E-state index contributed by atoms with van der Waals surface area (Å²) >= 11 is 4.71. The van der Waals surface area contributed by atoms with Crippen molar-refractivity contribution in [2.45, 2.75) is 37.5 Å². The second-order valence-electron chi connectivity index (χ2n) is 5.89. The Labute approximate surface area is 148 Å². The normalized spacial score (nSPS) is 11.8. The molecule has 0 aliphatic carbocycles. The highest BCUT2D eigenvalue weighted by Gasteiger charge is 2.35. The van der Waals surface area contributed by atoms with Crippen LogP contribution in [-0.4, -0.2) is 6.67 Å². The maximum Gasteiger partial charge on any atom is 0.353 e. The second kappa shape index (κ2) is 8.65. The van der Waals surface area contributed by atoms with Crippen LogP contribution in [0.25, 0.3) is 0 Å². The monoisotopic (exact) mass is 376 g/mol. The maximum absolute atomic E-state index is 13.7. The Morgan fingerprint density at radius 2 is 1.20 bits per heavy atom. The van der Waals surface area contributed by atoms with Crippen LogP contribution < -0.4 is 0 Å². The van der Waals surface area contributed by atoms with Gasteiger partial charge in [-0.2, -0.15) is 8.78 Å². The lowest BCUT2D eigenvalue weighted by Crippen LogP contribution is -2.10. The van der Waals surface area contributed by atoms with E-state index < -0.39 is 22.6 Å². The first-order valence-electron chi connectivity index (χ1n) is 8.00. The average molecular weight is 377 g/mol. The predicted octanol–water partition coefficient (Wildman–Crippen LogP) is 6.33. The molecule has 0 aromatic heterocycles. The highest BCUT2D eigenvalue weighted by atomic mass is 35.5. The lowest BCUT2D eigenvalue weighted by molar-refractivity contribution is 0.0858. The minimum Gasteiger partial charge on any atom is -0.251 e. The highest BCUT2D eigenvalue weighted by Crippen LogP contribution is 2.36. The molecule has 2 rings (SSSR count). The van der Waals surface area contributed by atoms with Gasteiger partial charge in [0.05, 0.1) is 6.67 Å². The second-order valence-corrected chi connectivity index (χ2v) is 6.37. The van der Waals surface area contributed by atoms with Gasteiger partial charge in [-0.05, 0) is 66.1 Å². The standard InChI is InChI=1S/C19H18ClF5/c20-19(24,25)18-16(22)11-15(12-17(18)23)4-2-1-3-13-5-7-14(8-6-13)9-10-21/h5-8,11-12H,1-4,9-10H2. The Morgan fingerprint density at radius 1 is 0.760 bits per heavy atom. The molecule has 0 amide bonds. The van der Waals surface area contributed by atoms with E-state index in [2.05, 4.69) is 0 Å². The van der Waals surface area contributed by atoms with Gasteiger partial charge in [-0.15, -0.1) is 0 Å². The fraction of sp³-hybridized carbons (Fsp3) is 0.368. The summed E-state index contributed by atoms with van der Waals surface area (Å²) in [7, 11) is 0. The van der Waals surface area contributed by atoms with E-state index in [0.717, 1.165) is 36.1 Å². The molecule has 136 valence electrons. The topological polar surface area (TPSA) is 0 Å². The van der Waals surface area contributed by atoms with Crippen LogP contribution in [0.3, 0.4) is 0 Å². The fourth-order valence-electron chi connectivity index (χ4n) is 2.68. The van der Waals surface area contributed by atoms with Crippen LogP contribution in [-0.2, 0) is 24.6 Å². The minimum atomic E-state index is -4.07. The molecule has 0 heterocycles. The smallest absolute Gasteiger partial charge is 0.251 e. The Bertz CT molecular complexity index is 669. The van der Waals surface area contributed by atoms with Gasteiger partial charge < -0.3 is 0 Å². The lowest BCUT2D eigenvalue weighted by atomic mass is 10.0. The molecule has 0 unspecified atom stereocenters. The zero-order chi connectivity index (χ0) is 18.4. The third-order valence-electron chi connectivity index (χ3n) is 3.97.